The van der Waals surface area contributed by atoms with Gasteiger partial charge in [-0.1, -0.05) is 6.92 Å². The Kier molecular flexibility index (Phi) is 3.75. The SMILES string of the molecule is CCC1CN(C(=O)N(C)C)CCN1C. The summed E-state index contributed by atoms with van der Waals surface area (Å²) in [6.45, 7) is 4.87. The van der Waals surface area contributed by atoms with Gasteiger partial charge >= 0.3 is 6.03 Å². The van der Waals surface area contributed by atoms with Gasteiger partial charge in [-0.2, -0.15) is 0 Å². The molecule has 14 heavy (non-hydrogen) atoms. The number of piperazine rings is 1. The highest BCUT2D eigenvalue weighted by Crippen LogP contribution is 2.11. The number of hydrogen-bond acceptors (Lipinski definition) is 2. The molecule has 0 aliphatic carbocycles. The predicted octanol–water partition coefficient (Wildman–Crippen LogP) is 0.694. The lowest BCUT2D eigenvalue weighted by Crippen LogP contribution is -2.55. The van der Waals surface area contributed by atoms with Crippen molar-refractivity contribution in [3.63, 3.8) is 0 Å². The van der Waals surface area contributed by atoms with E-state index in [0.29, 0.717) is 6.04 Å². The molecule has 1 saturated heterocycles. The van der Waals surface area contributed by atoms with Crippen LogP contribution in [0.1, 0.15) is 13.3 Å². The van der Waals surface area contributed by atoms with Crippen LogP contribution in [0.3, 0.4) is 0 Å². The molecule has 0 saturated carbocycles. The first kappa shape index (κ1) is 11.3. The van der Waals surface area contributed by atoms with Crippen molar-refractivity contribution in [1.82, 2.24) is 14.7 Å². The highest BCUT2D eigenvalue weighted by molar-refractivity contribution is 5.74. The molecule has 0 aromatic heterocycles. The first-order chi connectivity index (χ1) is 6.56. The molecule has 4 nitrogen and oxygen atoms in total. The van der Waals surface area contributed by atoms with Crippen LogP contribution >= 0.6 is 0 Å². The van der Waals surface area contributed by atoms with Crippen LogP contribution in [0.4, 0.5) is 4.79 Å². The fourth-order valence-corrected chi connectivity index (χ4v) is 1.84. The first-order valence-corrected chi connectivity index (χ1v) is 5.22. The van der Waals surface area contributed by atoms with Crippen LogP contribution in [0, 0.1) is 0 Å². The maximum Gasteiger partial charge on any atom is 0.319 e. The first-order valence-electron chi connectivity index (χ1n) is 5.22. The van der Waals surface area contributed by atoms with E-state index < -0.39 is 0 Å². The van der Waals surface area contributed by atoms with Crippen molar-refractivity contribution in [2.24, 2.45) is 0 Å². The van der Waals surface area contributed by atoms with Gasteiger partial charge in [0.25, 0.3) is 0 Å². The molecule has 0 aromatic rings. The minimum Gasteiger partial charge on any atom is -0.331 e. The van der Waals surface area contributed by atoms with Crippen LogP contribution in [0.5, 0.6) is 0 Å². The molecule has 4 heteroatoms. The number of rotatable bonds is 1. The molecule has 1 aliphatic rings. The van der Waals surface area contributed by atoms with Crippen LogP contribution in [0.15, 0.2) is 0 Å². The van der Waals surface area contributed by atoms with Gasteiger partial charge in [0.1, 0.15) is 0 Å². The normalized spacial score (nSPS) is 23.7. The minimum atomic E-state index is 0.136. The van der Waals surface area contributed by atoms with Crippen LogP contribution in [-0.4, -0.2) is 67.5 Å². The zero-order chi connectivity index (χ0) is 10.7. The summed E-state index contributed by atoms with van der Waals surface area (Å²) in [5.41, 5.74) is 0. The molecule has 0 radical (unpaired) electrons. The van der Waals surface area contributed by atoms with Crippen LogP contribution in [-0.2, 0) is 0 Å². The van der Waals surface area contributed by atoms with Gasteiger partial charge in [0.05, 0.1) is 0 Å². The summed E-state index contributed by atoms with van der Waals surface area (Å²) in [4.78, 5) is 17.6. The number of nitrogens with zero attached hydrogens (tertiary/aromatic N) is 3. The second kappa shape index (κ2) is 4.64. The van der Waals surface area contributed by atoms with Gasteiger partial charge in [0.15, 0.2) is 0 Å². The average molecular weight is 199 g/mol. The molecule has 1 atom stereocenters. The maximum atomic E-state index is 11.7. The standard InChI is InChI=1S/C10H21N3O/c1-5-9-8-13(7-6-12(9)4)10(14)11(2)3/h9H,5-8H2,1-4H3. The van der Waals surface area contributed by atoms with E-state index >= 15 is 0 Å². The molecule has 0 aromatic carbocycles. The number of amides is 2. The molecule has 0 bridgehead atoms. The van der Waals surface area contributed by atoms with Gasteiger partial charge in [0.2, 0.25) is 0 Å². The van der Waals surface area contributed by atoms with E-state index in [0.717, 1.165) is 26.1 Å². The minimum absolute atomic E-state index is 0.136. The van der Waals surface area contributed by atoms with Gasteiger partial charge in [-0.3, -0.25) is 4.90 Å². The second-order valence-corrected chi connectivity index (χ2v) is 4.17. The smallest absolute Gasteiger partial charge is 0.319 e. The van der Waals surface area contributed by atoms with Crippen molar-refractivity contribution in [2.75, 3.05) is 40.8 Å². The van der Waals surface area contributed by atoms with Gasteiger partial charge in [-0.25, -0.2) is 4.79 Å². The Balaban J connectivity index is 2.54. The summed E-state index contributed by atoms with van der Waals surface area (Å²) < 4.78 is 0. The number of carbonyl (C=O) groups is 1. The van der Waals surface area contributed by atoms with E-state index in [4.69, 9.17) is 0 Å². The maximum absolute atomic E-state index is 11.7. The molecule has 0 spiro atoms. The topological polar surface area (TPSA) is 26.8 Å². The van der Waals surface area contributed by atoms with Crippen molar-refractivity contribution >= 4 is 6.03 Å². The summed E-state index contributed by atoms with van der Waals surface area (Å²) in [6, 6.07) is 0.657. The lowest BCUT2D eigenvalue weighted by atomic mass is 10.1. The average Bonchev–Trinajstić information content (AvgIpc) is 2.17. The summed E-state index contributed by atoms with van der Waals surface area (Å²) in [6.07, 6.45) is 1.10. The molecule has 0 N–H and O–H groups in total. The number of carbonyl (C=O) groups excluding carboxylic acids is 1. The van der Waals surface area contributed by atoms with Gasteiger partial charge in [-0.05, 0) is 13.5 Å². The van der Waals surface area contributed by atoms with E-state index in [1.54, 1.807) is 4.90 Å². The highest BCUT2D eigenvalue weighted by Gasteiger charge is 2.26. The van der Waals surface area contributed by atoms with Crippen molar-refractivity contribution in [3.8, 4) is 0 Å². The quantitative estimate of drug-likeness (QED) is 0.621. The number of hydrogen-bond donors (Lipinski definition) is 0. The molecule has 1 fully saturated rings. The fraction of sp³-hybridized carbons (Fsp3) is 0.900. The Morgan fingerprint density at radius 1 is 1.43 bits per heavy atom. The third-order valence-electron chi connectivity index (χ3n) is 2.90. The van der Waals surface area contributed by atoms with Crippen LogP contribution < -0.4 is 0 Å². The predicted molar refractivity (Wildman–Crippen MR) is 57.4 cm³/mol. The molecular weight excluding hydrogens is 178 g/mol. The van der Waals surface area contributed by atoms with E-state index in [-0.39, 0.29) is 6.03 Å². The van der Waals surface area contributed by atoms with E-state index in [1.165, 1.54) is 0 Å². The Morgan fingerprint density at radius 3 is 2.57 bits per heavy atom. The third-order valence-corrected chi connectivity index (χ3v) is 2.90. The molecule has 2 amide bonds. The monoisotopic (exact) mass is 199 g/mol. The van der Waals surface area contributed by atoms with Crippen molar-refractivity contribution < 1.29 is 4.79 Å². The lowest BCUT2D eigenvalue weighted by Gasteiger charge is -2.39. The van der Waals surface area contributed by atoms with Crippen LogP contribution in [0.2, 0.25) is 0 Å². The van der Waals surface area contributed by atoms with Gasteiger partial charge in [-0.15, -0.1) is 0 Å². The zero-order valence-electron chi connectivity index (χ0n) is 9.66. The van der Waals surface area contributed by atoms with Crippen molar-refractivity contribution in [3.05, 3.63) is 0 Å². The Hall–Kier alpha value is -0.770. The fourth-order valence-electron chi connectivity index (χ4n) is 1.84. The van der Waals surface area contributed by atoms with Gasteiger partial charge < -0.3 is 9.80 Å². The summed E-state index contributed by atoms with van der Waals surface area (Å²) in [5.74, 6) is 0. The van der Waals surface area contributed by atoms with Crippen molar-refractivity contribution in [2.45, 2.75) is 19.4 Å². The van der Waals surface area contributed by atoms with Crippen LogP contribution in [0.25, 0.3) is 0 Å². The largest absolute Gasteiger partial charge is 0.331 e. The zero-order valence-corrected chi connectivity index (χ0v) is 9.66. The third kappa shape index (κ3) is 2.38. The summed E-state index contributed by atoms with van der Waals surface area (Å²) in [5, 5.41) is 0. The molecule has 82 valence electrons. The molecule has 1 aliphatic heterocycles. The van der Waals surface area contributed by atoms with E-state index in [2.05, 4.69) is 18.9 Å². The Morgan fingerprint density at radius 2 is 2.07 bits per heavy atom. The molecule has 1 rings (SSSR count). The second-order valence-electron chi connectivity index (χ2n) is 4.17. The summed E-state index contributed by atoms with van der Waals surface area (Å²) in [7, 11) is 5.74. The Labute approximate surface area is 86.5 Å². The Bertz CT molecular complexity index is 206. The lowest BCUT2D eigenvalue weighted by molar-refractivity contribution is 0.0956. The van der Waals surface area contributed by atoms with E-state index in [9.17, 15) is 4.79 Å². The van der Waals surface area contributed by atoms with E-state index in [1.807, 2.05) is 19.0 Å². The molecular formula is C10H21N3O. The number of urea groups is 1. The molecule has 1 heterocycles. The number of likely N-dealkylation sites (N-methyl/N-ethyl adjacent to an activating group) is 1. The summed E-state index contributed by atoms with van der Waals surface area (Å²) >= 11 is 0. The highest BCUT2D eigenvalue weighted by atomic mass is 16.2. The van der Waals surface area contributed by atoms with Crippen molar-refractivity contribution in [1.29, 1.82) is 0 Å². The molecule has 1 unspecified atom stereocenters. The van der Waals surface area contributed by atoms with Gasteiger partial charge in [0, 0.05) is 39.8 Å².